The Hall–Kier alpha value is -2.15. The Morgan fingerprint density at radius 1 is 1.44 bits per heavy atom. The third kappa shape index (κ3) is 4.10. The molecule has 0 aromatic carbocycles. The van der Waals surface area contributed by atoms with Crippen molar-refractivity contribution in [2.45, 2.75) is 45.6 Å². The van der Waals surface area contributed by atoms with Crippen molar-refractivity contribution < 1.29 is 4.79 Å². The lowest BCUT2D eigenvalue weighted by atomic mass is 9.96. The number of H-pyrrole nitrogens is 1. The van der Waals surface area contributed by atoms with Crippen molar-refractivity contribution in [1.82, 2.24) is 30.2 Å². The van der Waals surface area contributed by atoms with Gasteiger partial charge in [0.05, 0.1) is 5.69 Å². The topological polar surface area (TPSA) is 78.8 Å². The van der Waals surface area contributed by atoms with E-state index in [4.69, 9.17) is 0 Å². The highest BCUT2D eigenvalue weighted by Crippen LogP contribution is 2.22. The summed E-state index contributed by atoms with van der Waals surface area (Å²) in [5.41, 5.74) is 4.46. The number of piperidine rings is 1. The van der Waals surface area contributed by atoms with Crippen molar-refractivity contribution in [2.75, 3.05) is 26.7 Å². The number of aryl methyl sites for hydroxylation is 2. The van der Waals surface area contributed by atoms with Crippen molar-refractivity contribution in [1.29, 1.82) is 0 Å². The van der Waals surface area contributed by atoms with Crippen LogP contribution in [0.3, 0.4) is 0 Å². The van der Waals surface area contributed by atoms with Crippen molar-refractivity contribution in [3.8, 4) is 0 Å². The second kappa shape index (κ2) is 7.82. The molecular formula is C18H28N6O. The maximum absolute atomic E-state index is 12.6. The zero-order valence-electron chi connectivity index (χ0n) is 15.4. The lowest BCUT2D eigenvalue weighted by molar-refractivity contribution is -0.130. The Balaban J connectivity index is 1.57. The fraction of sp³-hybridized carbons (Fsp3) is 0.611. The van der Waals surface area contributed by atoms with E-state index in [2.05, 4.69) is 20.6 Å². The summed E-state index contributed by atoms with van der Waals surface area (Å²) in [4.78, 5) is 14.4. The molecule has 0 aliphatic carbocycles. The highest BCUT2D eigenvalue weighted by molar-refractivity contribution is 5.75. The van der Waals surface area contributed by atoms with Crippen LogP contribution in [0.15, 0.2) is 12.3 Å². The van der Waals surface area contributed by atoms with Crippen LogP contribution in [0.25, 0.3) is 0 Å². The number of amides is 1. The van der Waals surface area contributed by atoms with Crippen molar-refractivity contribution in [3.05, 3.63) is 34.9 Å². The lowest BCUT2D eigenvalue weighted by Gasteiger charge is -2.24. The van der Waals surface area contributed by atoms with Gasteiger partial charge in [-0.25, -0.2) is 0 Å². The smallest absolute Gasteiger partial charge is 0.244 e. The molecule has 2 aromatic heterocycles. The van der Waals surface area contributed by atoms with Gasteiger partial charge in [0, 0.05) is 43.6 Å². The molecule has 7 heteroatoms. The van der Waals surface area contributed by atoms with Crippen LogP contribution in [-0.4, -0.2) is 57.5 Å². The second-order valence-corrected chi connectivity index (χ2v) is 6.93. The second-order valence-electron chi connectivity index (χ2n) is 6.93. The molecule has 2 aromatic rings. The summed E-state index contributed by atoms with van der Waals surface area (Å²) < 4.78 is 1.87. The van der Waals surface area contributed by atoms with Crippen LogP contribution in [0.2, 0.25) is 0 Å². The first kappa shape index (κ1) is 17.7. The van der Waals surface area contributed by atoms with Crippen LogP contribution in [0.4, 0.5) is 0 Å². The first-order chi connectivity index (χ1) is 12.1. The zero-order valence-corrected chi connectivity index (χ0v) is 15.4. The minimum absolute atomic E-state index is 0.0903. The number of rotatable bonds is 6. The van der Waals surface area contributed by atoms with E-state index in [-0.39, 0.29) is 5.91 Å². The number of carbonyl (C=O) groups excluding carboxylic acids is 1. The zero-order chi connectivity index (χ0) is 17.8. The molecule has 0 unspecified atom stereocenters. The van der Waals surface area contributed by atoms with Gasteiger partial charge in [0.2, 0.25) is 5.91 Å². The number of carbonyl (C=O) groups is 1. The van der Waals surface area contributed by atoms with Crippen LogP contribution in [0.1, 0.15) is 41.4 Å². The standard InChI is InChI=1S/C18H28N6O/c1-13-16(14(2)22-21-13)7-10-23(3)18(25)12-24-17(6-9-20-24)15-5-4-8-19-11-15/h6,9,15,19H,4-5,7-8,10-12H2,1-3H3,(H,21,22)/t15-/m1/s1. The summed E-state index contributed by atoms with van der Waals surface area (Å²) in [7, 11) is 1.86. The molecule has 25 heavy (non-hydrogen) atoms. The normalized spacial score (nSPS) is 17.6. The van der Waals surface area contributed by atoms with E-state index in [9.17, 15) is 4.79 Å². The summed E-state index contributed by atoms with van der Waals surface area (Å²) in [5.74, 6) is 0.540. The quantitative estimate of drug-likeness (QED) is 0.830. The predicted molar refractivity (Wildman–Crippen MR) is 96.5 cm³/mol. The van der Waals surface area contributed by atoms with Gasteiger partial charge in [0.25, 0.3) is 0 Å². The van der Waals surface area contributed by atoms with Crippen LogP contribution in [-0.2, 0) is 17.8 Å². The van der Waals surface area contributed by atoms with Crippen molar-refractivity contribution in [3.63, 3.8) is 0 Å². The molecule has 1 aliphatic rings. The number of hydrogen-bond donors (Lipinski definition) is 2. The molecule has 1 amide bonds. The summed E-state index contributed by atoms with van der Waals surface area (Å²) in [6.45, 7) is 7.05. The third-order valence-electron chi connectivity index (χ3n) is 5.15. The van der Waals surface area contributed by atoms with Gasteiger partial charge in [-0.15, -0.1) is 0 Å². The van der Waals surface area contributed by atoms with Crippen LogP contribution < -0.4 is 5.32 Å². The third-order valence-corrected chi connectivity index (χ3v) is 5.15. The number of aromatic nitrogens is 4. The largest absolute Gasteiger partial charge is 0.344 e. The molecule has 3 rings (SSSR count). The van der Waals surface area contributed by atoms with Gasteiger partial charge in [-0.05, 0) is 51.3 Å². The highest BCUT2D eigenvalue weighted by Gasteiger charge is 2.21. The van der Waals surface area contributed by atoms with Gasteiger partial charge in [-0.1, -0.05) is 0 Å². The van der Waals surface area contributed by atoms with E-state index < -0.39 is 0 Å². The van der Waals surface area contributed by atoms with Crippen molar-refractivity contribution in [2.24, 2.45) is 0 Å². The molecule has 1 aliphatic heterocycles. The molecule has 7 nitrogen and oxygen atoms in total. The Morgan fingerprint density at radius 3 is 2.96 bits per heavy atom. The molecule has 0 spiro atoms. The van der Waals surface area contributed by atoms with E-state index in [1.54, 1.807) is 11.1 Å². The summed E-state index contributed by atoms with van der Waals surface area (Å²) in [5, 5.41) is 15.0. The van der Waals surface area contributed by atoms with Crippen LogP contribution >= 0.6 is 0 Å². The monoisotopic (exact) mass is 344 g/mol. The fourth-order valence-corrected chi connectivity index (χ4v) is 3.52. The molecule has 2 N–H and O–H groups in total. The molecule has 1 saturated heterocycles. The first-order valence-electron chi connectivity index (χ1n) is 9.03. The average molecular weight is 344 g/mol. The number of hydrogen-bond acceptors (Lipinski definition) is 4. The van der Waals surface area contributed by atoms with Crippen molar-refractivity contribution >= 4 is 5.91 Å². The number of likely N-dealkylation sites (N-methyl/N-ethyl adjacent to an activating group) is 1. The van der Waals surface area contributed by atoms with E-state index in [0.29, 0.717) is 19.0 Å². The van der Waals surface area contributed by atoms with Gasteiger partial charge in [0.15, 0.2) is 0 Å². The Bertz CT molecular complexity index is 693. The average Bonchev–Trinajstić information content (AvgIpc) is 3.20. The van der Waals surface area contributed by atoms with Crippen LogP contribution in [0.5, 0.6) is 0 Å². The summed E-state index contributed by atoms with van der Waals surface area (Å²) in [6, 6.07) is 2.04. The molecule has 3 heterocycles. The Kier molecular flexibility index (Phi) is 5.53. The summed E-state index contributed by atoms with van der Waals surface area (Å²) in [6.07, 6.45) is 4.94. The fourth-order valence-electron chi connectivity index (χ4n) is 3.52. The van der Waals surface area contributed by atoms with E-state index in [0.717, 1.165) is 43.0 Å². The van der Waals surface area contributed by atoms with Gasteiger partial charge in [-0.2, -0.15) is 10.2 Å². The molecule has 0 radical (unpaired) electrons. The maximum atomic E-state index is 12.6. The SMILES string of the molecule is Cc1n[nH]c(C)c1CCN(C)C(=O)Cn1nccc1[C@@H]1CCCNC1. The molecule has 136 valence electrons. The Morgan fingerprint density at radius 2 is 2.28 bits per heavy atom. The highest BCUT2D eigenvalue weighted by atomic mass is 16.2. The first-order valence-corrected chi connectivity index (χ1v) is 9.03. The molecule has 0 saturated carbocycles. The molecule has 1 fully saturated rings. The predicted octanol–water partition coefficient (Wildman–Crippen LogP) is 1.39. The van der Waals surface area contributed by atoms with Crippen LogP contribution in [0, 0.1) is 13.8 Å². The van der Waals surface area contributed by atoms with E-state index in [1.807, 2.05) is 31.6 Å². The molecular weight excluding hydrogens is 316 g/mol. The van der Waals surface area contributed by atoms with Gasteiger partial charge in [0.1, 0.15) is 6.54 Å². The summed E-state index contributed by atoms with van der Waals surface area (Å²) >= 11 is 0. The van der Waals surface area contributed by atoms with Gasteiger partial charge >= 0.3 is 0 Å². The van der Waals surface area contributed by atoms with E-state index in [1.165, 1.54) is 12.0 Å². The lowest BCUT2D eigenvalue weighted by Crippen LogP contribution is -2.34. The maximum Gasteiger partial charge on any atom is 0.244 e. The minimum atomic E-state index is 0.0903. The van der Waals surface area contributed by atoms with Gasteiger partial charge in [-0.3, -0.25) is 14.6 Å². The van der Waals surface area contributed by atoms with E-state index >= 15 is 0 Å². The molecule has 1 atom stereocenters. The number of nitrogens with zero attached hydrogens (tertiary/aromatic N) is 4. The minimum Gasteiger partial charge on any atom is -0.344 e. The van der Waals surface area contributed by atoms with Gasteiger partial charge < -0.3 is 10.2 Å². The number of nitrogens with one attached hydrogen (secondary N) is 2. The molecule has 0 bridgehead atoms. The number of aromatic amines is 1. The Labute approximate surface area is 148 Å².